The lowest BCUT2D eigenvalue weighted by atomic mass is 10.2. The van der Waals surface area contributed by atoms with Crippen LogP contribution in [0.4, 0.5) is 0 Å². The Labute approximate surface area is 170 Å². The fourth-order valence-electron chi connectivity index (χ4n) is 2.77. The molecule has 0 bridgehead atoms. The van der Waals surface area contributed by atoms with E-state index in [2.05, 4.69) is 0 Å². The van der Waals surface area contributed by atoms with Crippen molar-refractivity contribution >= 4 is 9.84 Å². The maximum Gasteiger partial charge on any atom is 0.206 e. The van der Waals surface area contributed by atoms with Crippen LogP contribution in [-0.2, 0) is 21.2 Å². The first-order valence-corrected chi connectivity index (χ1v) is 10.9. The molecule has 0 amide bonds. The fraction of sp³-hybridized carbons (Fsp3) is 0.217. The molecule has 1 fully saturated rings. The molecule has 150 valence electrons. The summed E-state index contributed by atoms with van der Waals surface area (Å²) in [5, 5.41) is 0. The van der Waals surface area contributed by atoms with Gasteiger partial charge in [-0.1, -0.05) is 29.8 Å². The van der Waals surface area contributed by atoms with Gasteiger partial charge >= 0.3 is 0 Å². The zero-order valence-electron chi connectivity index (χ0n) is 16.1. The monoisotopic (exact) mass is 410 g/mol. The Hall–Kier alpha value is -2.83. The highest BCUT2D eigenvalue weighted by molar-refractivity contribution is 7.91. The third kappa shape index (κ3) is 4.96. The van der Waals surface area contributed by atoms with Gasteiger partial charge in [-0.15, -0.1) is 0 Å². The number of benzene rings is 3. The minimum absolute atomic E-state index is 0.158. The first kappa shape index (κ1) is 19.5. The molecule has 0 aromatic heterocycles. The van der Waals surface area contributed by atoms with Gasteiger partial charge in [-0.25, -0.2) is 8.42 Å². The molecule has 0 radical (unpaired) electrons. The van der Waals surface area contributed by atoms with Crippen molar-refractivity contribution in [2.24, 2.45) is 0 Å². The van der Waals surface area contributed by atoms with E-state index >= 15 is 0 Å². The van der Waals surface area contributed by atoms with Crippen molar-refractivity contribution in [1.29, 1.82) is 0 Å². The van der Waals surface area contributed by atoms with Crippen molar-refractivity contribution in [1.82, 2.24) is 0 Å². The van der Waals surface area contributed by atoms with Crippen LogP contribution >= 0.6 is 0 Å². The van der Waals surface area contributed by atoms with Crippen LogP contribution in [0.5, 0.6) is 11.5 Å². The third-order valence-electron chi connectivity index (χ3n) is 4.63. The van der Waals surface area contributed by atoms with Gasteiger partial charge in [-0.3, -0.25) is 0 Å². The van der Waals surface area contributed by atoms with E-state index in [1.807, 2.05) is 31.2 Å². The van der Waals surface area contributed by atoms with Gasteiger partial charge in [-0.2, -0.15) is 0 Å². The van der Waals surface area contributed by atoms with Crippen molar-refractivity contribution in [3.8, 4) is 11.5 Å². The number of hydrogen-bond acceptors (Lipinski definition) is 5. The number of ether oxygens (including phenoxy) is 3. The second-order valence-corrected chi connectivity index (χ2v) is 8.94. The van der Waals surface area contributed by atoms with Crippen molar-refractivity contribution in [2.45, 2.75) is 29.4 Å². The molecule has 0 spiro atoms. The average molecular weight is 410 g/mol. The number of epoxide rings is 1. The van der Waals surface area contributed by atoms with E-state index in [9.17, 15) is 8.42 Å². The van der Waals surface area contributed by atoms with Crippen LogP contribution in [-0.4, -0.2) is 27.7 Å². The van der Waals surface area contributed by atoms with Crippen molar-refractivity contribution in [3.05, 3.63) is 83.9 Å². The Morgan fingerprint density at radius 2 is 1.34 bits per heavy atom. The van der Waals surface area contributed by atoms with E-state index in [0.717, 1.165) is 12.2 Å². The molecular formula is C23H22O5S. The quantitative estimate of drug-likeness (QED) is 0.521. The van der Waals surface area contributed by atoms with Crippen LogP contribution in [0.3, 0.4) is 0 Å². The lowest BCUT2D eigenvalue weighted by Gasteiger charge is -2.09. The maximum atomic E-state index is 12.8. The average Bonchev–Trinajstić information content (AvgIpc) is 3.57. The molecular weight excluding hydrogens is 388 g/mol. The van der Waals surface area contributed by atoms with Crippen LogP contribution in [0.1, 0.15) is 11.1 Å². The number of hydrogen-bond donors (Lipinski definition) is 0. The molecule has 1 heterocycles. The first-order valence-electron chi connectivity index (χ1n) is 9.39. The standard InChI is InChI=1S/C23H22O5S/c1-17-2-4-18(5-3-17)14-26-19-6-10-22(11-7-19)29(24,25)23-12-8-20(9-13-23)27-15-21-16-28-21/h2-13,21H,14-16H2,1H3. The van der Waals surface area contributed by atoms with E-state index in [1.165, 1.54) is 5.56 Å². The Balaban J connectivity index is 1.40. The minimum atomic E-state index is -3.60. The smallest absolute Gasteiger partial charge is 0.206 e. The molecule has 1 aliphatic heterocycles. The SMILES string of the molecule is Cc1ccc(COc2ccc(S(=O)(=O)c3ccc(OCC4CO4)cc3)cc2)cc1. The van der Waals surface area contributed by atoms with Gasteiger partial charge in [-0.05, 0) is 61.0 Å². The van der Waals surface area contributed by atoms with E-state index in [-0.39, 0.29) is 15.9 Å². The fourth-order valence-corrected chi connectivity index (χ4v) is 4.03. The summed E-state index contributed by atoms with van der Waals surface area (Å²) in [6, 6.07) is 21.0. The summed E-state index contributed by atoms with van der Waals surface area (Å²) in [6.45, 7) is 3.67. The summed E-state index contributed by atoms with van der Waals surface area (Å²) >= 11 is 0. The number of sulfone groups is 1. The van der Waals surface area contributed by atoms with Gasteiger partial charge in [0.15, 0.2) is 0 Å². The Kier molecular flexibility index (Phi) is 5.56. The second-order valence-electron chi connectivity index (χ2n) is 6.99. The van der Waals surface area contributed by atoms with Gasteiger partial charge in [0.2, 0.25) is 9.84 Å². The molecule has 1 aliphatic rings. The molecule has 6 heteroatoms. The van der Waals surface area contributed by atoms with Crippen molar-refractivity contribution < 1.29 is 22.6 Å². The molecule has 1 atom stereocenters. The minimum Gasteiger partial charge on any atom is -0.491 e. The summed E-state index contributed by atoms with van der Waals surface area (Å²) in [4.78, 5) is 0.445. The highest BCUT2D eigenvalue weighted by atomic mass is 32.2. The summed E-state index contributed by atoms with van der Waals surface area (Å²) in [6.07, 6.45) is 0.158. The molecule has 0 N–H and O–H groups in total. The first-order chi connectivity index (χ1) is 14.0. The van der Waals surface area contributed by atoms with E-state index in [1.54, 1.807) is 48.5 Å². The van der Waals surface area contributed by atoms with Crippen molar-refractivity contribution in [3.63, 3.8) is 0 Å². The van der Waals surface area contributed by atoms with Crippen molar-refractivity contribution in [2.75, 3.05) is 13.2 Å². The summed E-state index contributed by atoms with van der Waals surface area (Å²) in [5.41, 5.74) is 2.25. The van der Waals surface area contributed by atoms with Gasteiger partial charge in [0, 0.05) is 0 Å². The van der Waals surface area contributed by atoms with Gasteiger partial charge in [0.1, 0.15) is 30.8 Å². The molecule has 5 nitrogen and oxygen atoms in total. The van der Waals surface area contributed by atoms with Crippen LogP contribution in [0, 0.1) is 6.92 Å². The molecule has 0 saturated carbocycles. The maximum absolute atomic E-state index is 12.8. The third-order valence-corrected chi connectivity index (χ3v) is 6.42. The highest BCUT2D eigenvalue weighted by Gasteiger charge is 2.23. The van der Waals surface area contributed by atoms with Crippen LogP contribution in [0.25, 0.3) is 0 Å². The predicted molar refractivity (Wildman–Crippen MR) is 109 cm³/mol. The van der Waals surface area contributed by atoms with Crippen LogP contribution in [0.15, 0.2) is 82.6 Å². The number of aryl methyl sites for hydroxylation is 1. The lowest BCUT2D eigenvalue weighted by Crippen LogP contribution is -2.05. The van der Waals surface area contributed by atoms with Crippen LogP contribution in [0.2, 0.25) is 0 Å². The Bertz CT molecular complexity index is 1050. The van der Waals surface area contributed by atoms with E-state index in [4.69, 9.17) is 14.2 Å². The molecule has 3 aromatic carbocycles. The highest BCUT2D eigenvalue weighted by Crippen LogP contribution is 2.25. The van der Waals surface area contributed by atoms with Gasteiger partial charge < -0.3 is 14.2 Å². The molecule has 1 saturated heterocycles. The second kappa shape index (κ2) is 8.27. The zero-order chi connectivity index (χ0) is 20.3. The molecule has 3 aromatic rings. The molecule has 4 rings (SSSR count). The van der Waals surface area contributed by atoms with Gasteiger partial charge in [0.25, 0.3) is 0 Å². The Morgan fingerprint density at radius 3 is 1.86 bits per heavy atom. The normalized spacial score (nSPS) is 15.7. The number of rotatable bonds is 8. The largest absolute Gasteiger partial charge is 0.491 e. The molecule has 29 heavy (non-hydrogen) atoms. The van der Waals surface area contributed by atoms with E-state index in [0.29, 0.717) is 24.7 Å². The predicted octanol–water partition coefficient (Wildman–Crippen LogP) is 4.18. The summed E-state index contributed by atoms with van der Waals surface area (Å²) in [5.74, 6) is 1.25. The van der Waals surface area contributed by atoms with E-state index < -0.39 is 9.84 Å². The Morgan fingerprint density at radius 1 is 0.828 bits per heavy atom. The van der Waals surface area contributed by atoms with Gasteiger partial charge in [0.05, 0.1) is 16.4 Å². The zero-order valence-corrected chi connectivity index (χ0v) is 16.9. The summed E-state index contributed by atoms with van der Waals surface area (Å²) in [7, 11) is -3.60. The lowest BCUT2D eigenvalue weighted by molar-refractivity contribution is 0.263. The molecule has 0 aliphatic carbocycles. The summed E-state index contributed by atoms with van der Waals surface area (Å²) < 4.78 is 42.1. The topological polar surface area (TPSA) is 65.1 Å². The van der Waals surface area contributed by atoms with Crippen LogP contribution < -0.4 is 9.47 Å². The molecule has 1 unspecified atom stereocenters.